The van der Waals surface area contributed by atoms with Gasteiger partial charge in [-0.25, -0.2) is 13.8 Å². The van der Waals surface area contributed by atoms with Crippen LogP contribution in [0.3, 0.4) is 0 Å². The Kier molecular flexibility index (Phi) is 5.85. The molecule has 1 N–H and O–H groups in total. The summed E-state index contributed by atoms with van der Waals surface area (Å²) in [7, 11) is 0. The fourth-order valence-electron chi connectivity index (χ4n) is 2.17. The van der Waals surface area contributed by atoms with Crippen molar-refractivity contribution >= 4 is 29.0 Å². The van der Waals surface area contributed by atoms with Crippen LogP contribution in [0.2, 0.25) is 10.0 Å². The minimum Gasteiger partial charge on any atom is -0.458 e. The molecule has 0 atom stereocenters. The lowest BCUT2D eigenvalue weighted by Crippen LogP contribution is -2.08. The van der Waals surface area contributed by atoms with Crippen molar-refractivity contribution in [3.05, 3.63) is 81.5 Å². The van der Waals surface area contributed by atoms with Crippen molar-refractivity contribution in [1.82, 2.24) is 9.97 Å². The first-order chi connectivity index (χ1) is 12.5. The minimum atomic E-state index is -0.676. The van der Waals surface area contributed by atoms with E-state index in [1.807, 2.05) is 0 Å². The second-order valence-electron chi connectivity index (χ2n) is 5.28. The molecule has 0 unspecified atom stereocenters. The summed E-state index contributed by atoms with van der Waals surface area (Å²) in [5.74, 6) is -1.16. The largest absolute Gasteiger partial charge is 0.458 e. The van der Waals surface area contributed by atoms with Gasteiger partial charge in [-0.05, 0) is 18.2 Å². The first kappa shape index (κ1) is 18.4. The zero-order valence-electron chi connectivity index (χ0n) is 13.3. The van der Waals surface area contributed by atoms with E-state index in [1.54, 1.807) is 36.4 Å². The van der Waals surface area contributed by atoms with Gasteiger partial charge in [0.1, 0.15) is 12.4 Å². The number of hydrogen-bond donors (Lipinski definition) is 1. The van der Waals surface area contributed by atoms with E-state index in [9.17, 15) is 8.78 Å². The summed E-state index contributed by atoms with van der Waals surface area (Å²) in [6.45, 7) is 0.0906. The van der Waals surface area contributed by atoms with E-state index < -0.39 is 5.82 Å². The molecule has 1 aromatic heterocycles. The normalized spacial score (nSPS) is 10.6. The average Bonchev–Trinajstić information content (AvgIpc) is 2.62. The number of nitrogens with zero attached hydrogens (tertiary/aromatic N) is 2. The van der Waals surface area contributed by atoms with Gasteiger partial charge in [0.25, 0.3) is 0 Å². The predicted octanol–water partition coefficient (Wildman–Crippen LogP) is 5.25. The lowest BCUT2D eigenvalue weighted by molar-refractivity contribution is 0.280. The van der Waals surface area contributed by atoms with Gasteiger partial charge in [-0.1, -0.05) is 47.5 Å². The Morgan fingerprint density at radius 3 is 2.42 bits per heavy atom. The Labute approximate surface area is 158 Å². The molecule has 26 heavy (non-hydrogen) atoms. The van der Waals surface area contributed by atoms with Crippen molar-refractivity contribution in [2.24, 2.45) is 0 Å². The molecule has 0 saturated heterocycles. The lowest BCUT2D eigenvalue weighted by Gasteiger charge is -2.11. The van der Waals surface area contributed by atoms with E-state index >= 15 is 0 Å². The number of halogens is 4. The van der Waals surface area contributed by atoms with E-state index in [0.717, 1.165) is 6.20 Å². The highest BCUT2D eigenvalue weighted by molar-refractivity contribution is 6.35. The SMILES string of the molecule is Fc1ccccc1CNc1nc(OCc2c(Cl)cccc2Cl)ncc1F. The Morgan fingerprint density at radius 2 is 1.69 bits per heavy atom. The number of benzene rings is 2. The number of anilines is 1. The summed E-state index contributed by atoms with van der Waals surface area (Å²) in [6.07, 6.45) is 0.972. The molecule has 134 valence electrons. The zero-order valence-corrected chi connectivity index (χ0v) is 14.9. The van der Waals surface area contributed by atoms with Crippen LogP contribution in [0.1, 0.15) is 11.1 Å². The zero-order chi connectivity index (χ0) is 18.5. The predicted molar refractivity (Wildman–Crippen MR) is 96.5 cm³/mol. The fourth-order valence-corrected chi connectivity index (χ4v) is 2.68. The molecule has 0 amide bonds. The van der Waals surface area contributed by atoms with Gasteiger partial charge in [-0.15, -0.1) is 0 Å². The van der Waals surface area contributed by atoms with Crippen LogP contribution < -0.4 is 10.1 Å². The Balaban J connectivity index is 1.70. The number of nitrogens with one attached hydrogen (secondary N) is 1. The van der Waals surface area contributed by atoms with Crippen molar-refractivity contribution in [1.29, 1.82) is 0 Å². The lowest BCUT2D eigenvalue weighted by atomic mass is 10.2. The van der Waals surface area contributed by atoms with E-state index in [0.29, 0.717) is 21.2 Å². The monoisotopic (exact) mass is 395 g/mol. The van der Waals surface area contributed by atoms with Crippen LogP contribution in [0.5, 0.6) is 6.01 Å². The maximum absolute atomic E-state index is 13.9. The molecule has 3 rings (SSSR count). The van der Waals surface area contributed by atoms with Crippen LogP contribution in [0, 0.1) is 11.6 Å². The molecule has 1 heterocycles. The summed E-state index contributed by atoms with van der Waals surface area (Å²) < 4.78 is 33.0. The number of rotatable bonds is 6. The van der Waals surface area contributed by atoms with Crippen molar-refractivity contribution in [3.8, 4) is 6.01 Å². The van der Waals surface area contributed by atoms with Crippen molar-refractivity contribution in [3.63, 3.8) is 0 Å². The van der Waals surface area contributed by atoms with Gasteiger partial charge in [-0.2, -0.15) is 4.98 Å². The highest BCUT2D eigenvalue weighted by Crippen LogP contribution is 2.25. The highest BCUT2D eigenvalue weighted by atomic mass is 35.5. The minimum absolute atomic E-state index is 0.0247. The van der Waals surface area contributed by atoms with Gasteiger partial charge in [0.05, 0.1) is 6.20 Å². The molecule has 0 saturated carbocycles. The van der Waals surface area contributed by atoms with Crippen LogP contribution in [-0.2, 0) is 13.2 Å². The third kappa shape index (κ3) is 4.39. The number of ether oxygens (including phenoxy) is 1. The third-order valence-electron chi connectivity index (χ3n) is 3.53. The van der Waals surface area contributed by atoms with Crippen LogP contribution in [0.4, 0.5) is 14.6 Å². The summed E-state index contributed by atoms with van der Waals surface area (Å²) in [4.78, 5) is 7.74. The molecule has 0 aliphatic carbocycles. The average molecular weight is 396 g/mol. The molecule has 3 aromatic rings. The maximum Gasteiger partial charge on any atom is 0.318 e. The second-order valence-corrected chi connectivity index (χ2v) is 6.10. The van der Waals surface area contributed by atoms with Crippen molar-refractivity contribution in [2.75, 3.05) is 5.32 Å². The standard InChI is InChI=1S/C18H13Cl2F2N3O/c19-13-5-3-6-14(20)12(13)10-26-18-24-9-16(22)17(25-18)23-8-11-4-1-2-7-15(11)21/h1-7,9H,8,10H2,(H,23,24,25). The maximum atomic E-state index is 13.9. The molecular formula is C18H13Cl2F2N3O. The van der Waals surface area contributed by atoms with Gasteiger partial charge in [0, 0.05) is 27.7 Å². The van der Waals surface area contributed by atoms with Gasteiger partial charge in [0.15, 0.2) is 11.6 Å². The van der Waals surface area contributed by atoms with Gasteiger partial charge in [0.2, 0.25) is 0 Å². The van der Waals surface area contributed by atoms with Gasteiger partial charge >= 0.3 is 6.01 Å². The second kappa shape index (κ2) is 8.29. The molecule has 2 aromatic carbocycles. The number of aromatic nitrogens is 2. The van der Waals surface area contributed by atoms with E-state index in [2.05, 4.69) is 15.3 Å². The summed E-state index contributed by atoms with van der Waals surface area (Å²) in [5.41, 5.74) is 0.959. The Hall–Kier alpha value is -2.44. The van der Waals surface area contributed by atoms with Crippen molar-refractivity contribution in [2.45, 2.75) is 13.2 Å². The fraction of sp³-hybridized carbons (Fsp3) is 0.111. The van der Waals surface area contributed by atoms with Crippen LogP contribution in [0.25, 0.3) is 0 Å². The van der Waals surface area contributed by atoms with E-state index in [1.165, 1.54) is 6.07 Å². The van der Waals surface area contributed by atoms with Crippen LogP contribution in [0.15, 0.2) is 48.7 Å². The van der Waals surface area contributed by atoms with Crippen molar-refractivity contribution < 1.29 is 13.5 Å². The summed E-state index contributed by atoms with van der Waals surface area (Å²) >= 11 is 12.1. The Bertz CT molecular complexity index is 904. The quantitative estimate of drug-likeness (QED) is 0.618. The van der Waals surface area contributed by atoms with Gasteiger partial charge in [-0.3, -0.25) is 0 Å². The molecule has 4 nitrogen and oxygen atoms in total. The molecule has 0 aliphatic rings. The molecule has 0 spiro atoms. The molecule has 0 aliphatic heterocycles. The molecule has 8 heteroatoms. The van der Waals surface area contributed by atoms with E-state index in [4.69, 9.17) is 27.9 Å². The molecule has 0 radical (unpaired) electrons. The smallest absolute Gasteiger partial charge is 0.318 e. The Morgan fingerprint density at radius 1 is 0.962 bits per heavy atom. The third-order valence-corrected chi connectivity index (χ3v) is 4.24. The molecular weight excluding hydrogens is 383 g/mol. The molecule has 0 fully saturated rings. The first-order valence-corrected chi connectivity index (χ1v) is 8.35. The van der Waals surface area contributed by atoms with Crippen LogP contribution >= 0.6 is 23.2 Å². The highest BCUT2D eigenvalue weighted by Gasteiger charge is 2.11. The summed E-state index contributed by atoms with van der Waals surface area (Å²) in [5, 5.41) is 3.62. The van der Waals surface area contributed by atoms with E-state index in [-0.39, 0.29) is 30.8 Å². The summed E-state index contributed by atoms with van der Waals surface area (Å²) in [6, 6.07) is 11.2. The van der Waals surface area contributed by atoms with Crippen LogP contribution in [-0.4, -0.2) is 9.97 Å². The first-order valence-electron chi connectivity index (χ1n) is 7.60. The van der Waals surface area contributed by atoms with Gasteiger partial charge < -0.3 is 10.1 Å². The topological polar surface area (TPSA) is 47.0 Å². The molecule has 0 bridgehead atoms. The number of hydrogen-bond acceptors (Lipinski definition) is 4.